The van der Waals surface area contributed by atoms with Crippen LogP contribution < -0.4 is 0 Å². The number of nitrogens with zero attached hydrogens (tertiary/aromatic N) is 1. The van der Waals surface area contributed by atoms with Crippen LogP contribution in [0.25, 0.3) is 0 Å². The SMILES string of the molecule is O=C(OCCN1CCOCC1)c1ccc(Cl)c(S(=O)O)c1. The van der Waals surface area contributed by atoms with Crippen molar-refractivity contribution < 1.29 is 23.0 Å². The zero-order chi connectivity index (χ0) is 15.2. The summed E-state index contributed by atoms with van der Waals surface area (Å²) in [7, 11) is 0. The number of halogens is 1. The molecule has 1 aromatic carbocycles. The van der Waals surface area contributed by atoms with Gasteiger partial charge in [0.1, 0.15) is 6.61 Å². The van der Waals surface area contributed by atoms with Crippen LogP contribution in [0, 0.1) is 0 Å². The second kappa shape index (κ2) is 7.86. The molecule has 1 heterocycles. The first-order valence-corrected chi connectivity index (χ1v) is 7.94. The van der Waals surface area contributed by atoms with Gasteiger partial charge in [-0.15, -0.1) is 0 Å². The number of hydrogen-bond donors (Lipinski definition) is 1. The number of benzene rings is 1. The van der Waals surface area contributed by atoms with Crippen LogP contribution in [-0.4, -0.2) is 59.1 Å². The van der Waals surface area contributed by atoms with Gasteiger partial charge in [-0.2, -0.15) is 0 Å². The van der Waals surface area contributed by atoms with E-state index >= 15 is 0 Å². The van der Waals surface area contributed by atoms with Crippen LogP contribution in [0.15, 0.2) is 23.1 Å². The molecule has 0 aromatic heterocycles. The molecule has 1 saturated heterocycles. The molecule has 0 amide bonds. The van der Waals surface area contributed by atoms with Gasteiger partial charge in [-0.1, -0.05) is 11.6 Å². The van der Waals surface area contributed by atoms with E-state index in [1.165, 1.54) is 18.2 Å². The number of esters is 1. The summed E-state index contributed by atoms with van der Waals surface area (Å²) < 4.78 is 30.5. The highest BCUT2D eigenvalue weighted by molar-refractivity contribution is 7.79. The maximum absolute atomic E-state index is 11.9. The Bertz CT molecular complexity index is 533. The van der Waals surface area contributed by atoms with Crippen molar-refractivity contribution in [2.45, 2.75) is 4.90 Å². The van der Waals surface area contributed by atoms with Crippen LogP contribution in [0.2, 0.25) is 5.02 Å². The summed E-state index contributed by atoms with van der Waals surface area (Å²) in [6.45, 7) is 3.94. The first kappa shape index (κ1) is 16.4. The fraction of sp³-hybridized carbons (Fsp3) is 0.462. The lowest BCUT2D eigenvalue weighted by atomic mass is 10.2. The van der Waals surface area contributed by atoms with Gasteiger partial charge >= 0.3 is 5.97 Å². The molecule has 0 radical (unpaired) electrons. The fourth-order valence-electron chi connectivity index (χ4n) is 1.94. The number of morpholine rings is 1. The van der Waals surface area contributed by atoms with Crippen molar-refractivity contribution in [3.63, 3.8) is 0 Å². The van der Waals surface area contributed by atoms with E-state index in [1.54, 1.807) is 0 Å². The first-order valence-electron chi connectivity index (χ1n) is 6.45. The molecule has 1 atom stereocenters. The van der Waals surface area contributed by atoms with Gasteiger partial charge in [0.2, 0.25) is 0 Å². The third-order valence-corrected chi connectivity index (χ3v) is 4.26. The van der Waals surface area contributed by atoms with Crippen molar-refractivity contribution in [2.75, 3.05) is 39.5 Å². The third kappa shape index (κ3) is 4.76. The van der Waals surface area contributed by atoms with Crippen molar-refractivity contribution >= 4 is 28.7 Å². The Labute approximate surface area is 130 Å². The molecule has 1 fully saturated rings. The van der Waals surface area contributed by atoms with Crippen LogP contribution in [0.3, 0.4) is 0 Å². The Hall–Kier alpha value is -0.990. The van der Waals surface area contributed by atoms with Crippen molar-refractivity contribution in [1.29, 1.82) is 0 Å². The van der Waals surface area contributed by atoms with Crippen molar-refractivity contribution in [3.8, 4) is 0 Å². The molecule has 2 rings (SSSR count). The lowest BCUT2D eigenvalue weighted by molar-refractivity contribution is 0.0195. The van der Waals surface area contributed by atoms with Crippen molar-refractivity contribution in [1.82, 2.24) is 4.90 Å². The molecule has 1 N–H and O–H groups in total. The number of ether oxygens (including phenoxy) is 2. The Balaban J connectivity index is 1.88. The van der Waals surface area contributed by atoms with Crippen LogP contribution in [0.4, 0.5) is 0 Å². The molecule has 8 heteroatoms. The van der Waals surface area contributed by atoms with Gasteiger partial charge in [-0.25, -0.2) is 9.00 Å². The summed E-state index contributed by atoms with van der Waals surface area (Å²) in [5.74, 6) is -0.536. The van der Waals surface area contributed by atoms with Crippen LogP contribution in [0.1, 0.15) is 10.4 Å². The Morgan fingerprint density at radius 2 is 2.14 bits per heavy atom. The molecule has 1 aliphatic heterocycles. The molecular formula is C13H16ClNO5S. The van der Waals surface area contributed by atoms with Crippen LogP contribution in [0.5, 0.6) is 0 Å². The average Bonchev–Trinajstić information content (AvgIpc) is 2.48. The first-order chi connectivity index (χ1) is 10.1. The van der Waals surface area contributed by atoms with Crippen LogP contribution >= 0.6 is 11.6 Å². The highest BCUT2D eigenvalue weighted by Gasteiger charge is 2.14. The molecule has 0 aliphatic carbocycles. The highest BCUT2D eigenvalue weighted by atomic mass is 35.5. The normalized spacial score (nSPS) is 17.4. The minimum absolute atomic E-state index is 0.000652. The van der Waals surface area contributed by atoms with Gasteiger partial charge in [0.05, 0.1) is 28.7 Å². The molecule has 1 aromatic rings. The van der Waals surface area contributed by atoms with Gasteiger partial charge in [0.25, 0.3) is 0 Å². The van der Waals surface area contributed by atoms with Crippen molar-refractivity contribution in [3.05, 3.63) is 28.8 Å². The van der Waals surface area contributed by atoms with Gasteiger partial charge in [0.15, 0.2) is 11.1 Å². The number of carbonyl (C=O) groups is 1. The van der Waals surface area contributed by atoms with E-state index in [0.29, 0.717) is 19.8 Å². The molecule has 21 heavy (non-hydrogen) atoms. The van der Waals surface area contributed by atoms with E-state index in [-0.39, 0.29) is 22.1 Å². The fourth-order valence-corrected chi connectivity index (χ4v) is 2.72. The standard InChI is InChI=1S/C13H16ClNO5S/c14-11-2-1-10(9-12(11)21(17)18)13(16)20-8-5-15-3-6-19-7-4-15/h1-2,9H,3-8H2,(H,17,18). The van der Waals surface area contributed by atoms with Gasteiger partial charge < -0.3 is 14.0 Å². The number of hydrogen-bond acceptors (Lipinski definition) is 5. The Morgan fingerprint density at radius 3 is 2.81 bits per heavy atom. The van der Waals surface area contributed by atoms with E-state index in [9.17, 15) is 9.00 Å². The van der Waals surface area contributed by atoms with E-state index in [4.69, 9.17) is 25.6 Å². The monoisotopic (exact) mass is 333 g/mol. The topological polar surface area (TPSA) is 76.1 Å². The predicted octanol–water partition coefficient (Wildman–Crippen LogP) is 1.41. The summed E-state index contributed by atoms with van der Waals surface area (Å²) in [6, 6.07) is 4.15. The number of rotatable bonds is 5. The molecule has 0 saturated carbocycles. The predicted molar refractivity (Wildman–Crippen MR) is 78.0 cm³/mol. The van der Waals surface area contributed by atoms with Gasteiger partial charge in [-0.05, 0) is 18.2 Å². The average molecular weight is 334 g/mol. The third-order valence-electron chi connectivity index (χ3n) is 3.10. The zero-order valence-corrected chi connectivity index (χ0v) is 12.9. The minimum Gasteiger partial charge on any atom is -0.461 e. The maximum Gasteiger partial charge on any atom is 0.338 e. The molecule has 1 unspecified atom stereocenters. The lowest BCUT2D eigenvalue weighted by Gasteiger charge is -2.26. The van der Waals surface area contributed by atoms with E-state index in [0.717, 1.165) is 13.1 Å². The second-order valence-corrected chi connectivity index (χ2v) is 5.83. The summed E-state index contributed by atoms with van der Waals surface area (Å²) in [4.78, 5) is 14.0. The molecule has 116 valence electrons. The molecule has 0 spiro atoms. The van der Waals surface area contributed by atoms with E-state index in [2.05, 4.69) is 4.90 Å². The maximum atomic E-state index is 11.9. The Morgan fingerprint density at radius 1 is 1.43 bits per heavy atom. The second-order valence-electron chi connectivity index (χ2n) is 4.48. The van der Waals surface area contributed by atoms with Gasteiger partial charge in [0, 0.05) is 19.6 Å². The highest BCUT2D eigenvalue weighted by Crippen LogP contribution is 2.20. The smallest absolute Gasteiger partial charge is 0.338 e. The summed E-state index contributed by atoms with van der Waals surface area (Å²) in [5, 5.41) is 0.140. The minimum atomic E-state index is -2.24. The van der Waals surface area contributed by atoms with Gasteiger partial charge in [-0.3, -0.25) is 4.90 Å². The van der Waals surface area contributed by atoms with E-state index in [1.807, 2.05) is 0 Å². The zero-order valence-electron chi connectivity index (χ0n) is 11.3. The lowest BCUT2D eigenvalue weighted by Crippen LogP contribution is -2.38. The molecule has 6 nitrogen and oxygen atoms in total. The van der Waals surface area contributed by atoms with E-state index < -0.39 is 17.0 Å². The molecule has 1 aliphatic rings. The quantitative estimate of drug-likeness (QED) is 0.648. The van der Waals surface area contributed by atoms with Crippen molar-refractivity contribution in [2.24, 2.45) is 0 Å². The van der Waals surface area contributed by atoms with Crippen LogP contribution in [-0.2, 0) is 20.6 Å². The Kier molecular flexibility index (Phi) is 6.13. The molecular weight excluding hydrogens is 318 g/mol. The summed E-state index contributed by atoms with van der Waals surface area (Å²) in [6.07, 6.45) is 0. The molecule has 0 bridgehead atoms. The summed E-state index contributed by atoms with van der Waals surface area (Å²) in [5.41, 5.74) is 0.207. The largest absolute Gasteiger partial charge is 0.461 e. The summed E-state index contributed by atoms with van der Waals surface area (Å²) >= 11 is 3.54. The number of carbonyl (C=O) groups excluding carboxylic acids is 1.